The first kappa shape index (κ1) is 15.1. The highest BCUT2D eigenvalue weighted by molar-refractivity contribution is 8.00. The van der Waals surface area contributed by atoms with Gasteiger partial charge in [0.25, 0.3) is 0 Å². The van der Waals surface area contributed by atoms with Crippen LogP contribution in [-0.2, 0) is 17.6 Å². The molecule has 0 atom stereocenters. The molecule has 0 aromatic carbocycles. The molecule has 1 N–H and O–H groups in total. The number of nitrogens with one attached hydrogen (secondary N) is 1. The van der Waals surface area contributed by atoms with E-state index in [0.717, 1.165) is 34.9 Å². The SMILES string of the molecule is O=C(CSc1nc(C2CC2)nc2sc3c(c12)CCCC3)NC1CC1. The van der Waals surface area contributed by atoms with Gasteiger partial charge in [-0.15, -0.1) is 11.3 Å². The molecule has 2 saturated carbocycles. The monoisotopic (exact) mass is 359 g/mol. The second-order valence-electron chi connectivity index (χ2n) is 7.18. The minimum Gasteiger partial charge on any atom is -0.353 e. The Bertz CT molecular complexity index is 808. The summed E-state index contributed by atoms with van der Waals surface area (Å²) in [5, 5.41) is 5.38. The van der Waals surface area contributed by atoms with Crippen LogP contribution in [0.2, 0.25) is 0 Å². The molecule has 2 fully saturated rings. The highest BCUT2D eigenvalue weighted by Gasteiger charge is 2.30. The Morgan fingerprint density at radius 1 is 1.17 bits per heavy atom. The van der Waals surface area contributed by atoms with Gasteiger partial charge in [-0.25, -0.2) is 9.97 Å². The van der Waals surface area contributed by atoms with Crippen molar-refractivity contribution in [1.82, 2.24) is 15.3 Å². The van der Waals surface area contributed by atoms with Crippen LogP contribution in [0.15, 0.2) is 5.03 Å². The second-order valence-corrected chi connectivity index (χ2v) is 9.23. The smallest absolute Gasteiger partial charge is 0.230 e. The van der Waals surface area contributed by atoms with E-state index >= 15 is 0 Å². The summed E-state index contributed by atoms with van der Waals surface area (Å²) in [5.41, 5.74) is 1.47. The molecule has 2 aromatic rings. The highest BCUT2D eigenvalue weighted by Crippen LogP contribution is 2.43. The van der Waals surface area contributed by atoms with Gasteiger partial charge in [-0.3, -0.25) is 4.79 Å². The Labute approximate surface area is 149 Å². The van der Waals surface area contributed by atoms with Gasteiger partial charge in [0.15, 0.2) is 0 Å². The molecule has 4 nitrogen and oxygen atoms in total. The van der Waals surface area contributed by atoms with Gasteiger partial charge in [0.1, 0.15) is 15.7 Å². The first-order valence-electron chi connectivity index (χ1n) is 9.02. The summed E-state index contributed by atoms with van der Waals surface area (Å²) >= 11 is 3.47. The van der Waals surface area contributed by atoms with Crippen LogP contribution >= 0.6 is 23.1 Å². The van der Waals surface area contributed by atoms with Gasteiger partial charge in [0, 0.05) is 22.2 Å². The zero-order valence-corrected chi connectivity index (χ0v) is 15.3. The maximum absolute atomic E-state index is 12.1. The molecule has 1 amide bonds. The van der Waals surface area contributed by atoms with Crippen molar-refractivity contribution >= 4 is 39.2 Å². The fourth-order valence-electron chi connectivity index (χ4n) is 3.40. The van der Waals surface area contributed by atoms with Crippen molar-refractivity contribution in [3.8, 4) is 0 Å². The van der Waals surface area contributed by atoms with Crippen LogP contribution in [0.5, 0.6) is 0 Å². The lowest BCUT2D eigenvalue weighted by Gasteiger charge is -2.12. The van der Waals surface area contributed by atoms with Crippen LogP contribution in [0.25, 0.3) is 10.2 Å². The van der Waals surface area contributed by atoms with Gasteiger partial charge in [0.05, 0.1) is 5.75 Å². The molecule has 3 aliphatic carbocycles. The summed E-state index contributed by atoms with van der Waals surface area (Å²) in [6.07, 6.45) is 9.57. The summed E-state index contributed by atoms with van der Waals surface area (Å²) in [5.74, 6) is 2.17. The molecule has 126 valence electrons. The molecule has 6 heteroatoms. The average Bonchev–Trinajstić information content (AvgIpc) is 3.50. The summed E-state index contributed by atoms with van der Waals surface area (Å²) < 4.78 is 0. The van der Waals surface area contributed by atoms with Crippen LogP contribution in [0.1, 0.15) is 60.7 Å². The number of aromatic nitrogens is 2. The first-order chi connectivity index (χ1) is 11.8. The van der Waals surface area contributed by atoms with Gasteiger partial charge >= 0.3 is 0 Å². The predicted molar refractivity (Wildman–Crippen MR) is 97.9 cm³/mol. The predicted octanol–water partition coefficient (Wildman–Crippen LogP) is 3.82. The van der Waals surface area contributed by atoms with Crippen molar-refractivity contribution in [2.45, 2.75) is 68.4 Å². The number of carbonyl (C=O) groups excluding carboxylic acids is 1. The number of nitrogens with zero attached hydrogens (tertiary/aromatic N) is 2. The molecule has 2 aromatic heterocycles. The maximum atomic E-state index is 12.1. The fraction of sp³-hybridized carbons (Fsp3) is 0.611. The van der Waals surface area contributed by atoms with E-state index in [0.29, 0.717) is 17.7 Å². The number of thioether (sulfide) groups is 1. The molecular weight excluding hydrogens is 338 g/mol. The Hall–Kier alpha value is -1.14. The van der Waals surface area contributed by atoms with E-state index in [2.05, 4.69) is 5.32 Å². The zero-order valence-electron chi connectivity index (χ0n) is 13.6. The topological polar surface area (TPSA) is 54.9 Å². The van der Waals surface area contributed by atoms with E-state index in [1.165, 1.54) is 47.9 Å². The van der Waals surface area contributed by atoms with E-state index in [1.807, 2.05) is 11.3 Å². The molecule has 2 heterocycles. The third-order valence-corrected chi connectivity index (χ3v) is 7.18. The van der Waals surface area contributed by atoms with Crippen LogP contribution in [-0.4, -0.2) is 27.7 Å². The molecule has 0 spiro atoms. The van der Waals surface area contributed by atoms with Gasteiger partial charge in [-0.2, -0.15) is 0 Å². The van der Waals surface area contributed by atoms with Gasteiger partial charge in [-0.1, -0.05) is 11.8 Å². The third kappa shape index (κ3) is 2.94. The van der Waals surface area contributed by atoms with Gasteiger partial charge in [0.2, 0.25) is 5.91 Å². The highest BCUT2D eigenvalue weighted by atomic mass is 32.2. The molecular formula is C18H21N3OS2. The van der Waals surface area contributed by atoms with E-state index in [-0.39, 0.29) is 5.91 Å². The largest absolute Gasteiger partial charge is 0.353 e. The molecule has 3 aliphatic rings. The average molecular weight is 360 g/mol. The molecule has 0 bridgehead atoms. The molecule has 0 radical (unpaired) electrons. The molecule has 5 rings (SSSR count). The van der Waals surface area contributed by atoms with Crippen LogP contribution in [0.3, 0.4) is 0 Å². The van der Waals surface area contributed by atoms with E-state index in [1.54, 1.807) is 11.8 Å². The number of amides is 1. The first-order valence-corrected chi connectivity index (χ1v) is 10.8. The van der Waals surface area contributed by atoms with Crippen LogP contribution in [0, 0.1) is 0 Å². The quantitative estimate of drug-likeness (QED) is 0.651. The summed E-state index contributed by atoms with van der Waals surface area (Å²) in [4.78, 5) is 24.5. The fourth-order valence-corrected chi connectivity index (χ4v) is 5.61. The summed E-state index contributed by atoms with van der Waals surface area (Å²) in [7, 11) is 0. The number of carbonyl (C=O) groups is 1. The van der Waals surface area contributed by atoms with Gasteiger partial charge in [-0.05, 0) is 56.9 Å². The van der Waals surface area contributed by atoms with Crippen molar-refractivity contribution in [2.24, 2.45) is 0 Å². The summed E-state index contributed by atoms with van der Waals surface area (Å²) in [6, 6.07) is 0.430. The Morgan fingerprint density at radius 2 is 2.00 bits per heavy atom. The number of aryl methyl sites for hydroxylation is 2. The Morgan fingerprint density at radius 3 is 2.79 bits per heavy atom. The lowest BCUT2D eigenvalue weighted by molar-refractivity contribution is -0.118. The zero-order chi connectivity index (χ0) is 16.1. The molecule has 0 saturated heterocycles. The third-order valence-electron chi connectivity index (χ3n) is 5.02. The Kier molecular flexibility index (Phi) is 3.78. The number of fused-ring (bicyclic) bond motifs is 3. The number of hydrogen-bond donors (Lipinski definition) is 1. The lowest BCUT2D eigenvalue weighted by Crippen LogP contribution is -2.27. The van der Waals surface area contributed by atoms with E-state index in [4.69, 9.17) is 9.97 Å². The summed E-state index contributed by atoms with van der Waals surface area (Å²) in [6.45, 7) is 0. The minimum absolute atomic E-state index is 0.145. The van der Waals surface area contributed by atoms with Crippen LogP contribution in [0.4, 0.5) is 0 Å². The van der Waals surface area contributed by atoms with Crippen molar-refractivity contribution in [3.63, 3.8) is 0 Å². The van der Waals surface area contributed by atoms with Crippen molar-refractivity contribution < 1.29 is 4.79 Å². The van der Waals surface area contributed by atoms with Crippen molar-refractivity contribution in [3.05, 3.63) is 16.3 Å². The van der Waals surface area contributed by atoms with Crippen molar-refractivity contribution in [1.29, 1.82) is 0 Å². The van der Waals surface area contributed by atoms with Crippen LogP contribution < -0.4 is 5.32 Å². The standard InChI is InChI=1S/C18H21N3OS2/c22-14(19-11-7-8-11)9-23-17-15-12-3-1-2-4-13(12)24-18(15)21-16(20-17)10-5-6-10/h10-11H,1-9H2,(H,19,22). The van der Waals surface area contributed by atoms with Crippen molar-refractivity contribution in [2.75, 3.05) is 5.75 Å². The molecule has 0 unspecified atom stereocenters. The lowest BCUT2D eigenvalue weighted by atomic mass is 9.97. The minimum atomic E-state index is 0.145. The second kappa shape index (κ2) is 5.99. The number of hydrogen-bond acceptors (Lipinski definition) is 5. The molecule has 24 heavy (non-hydrogen) atoms. The normalized spacial score (nSPS) is 20.2. The number of rotatable bonds is 5. The Balaban J connectivity index is 1.49. The molecule has 0 aliphatic heterocycles. The van der Waals surface area contributed by atoms with E-state index in [9.17, 15) is 4.79 Å². The van der Waals surface area contributed by atoms with Gasteiger partial charge < -0.3 is 5.32 Å². The maximum Gasteiger partial charge on any atom is 0.230 e. The van der Waals surface area contributed by atoms with E-state index < -0.39 is 0 Å². The number of thiophene rings is 1.